The minimum atomic E-state index is -0.457. The van der Waals surface area contributed by atoms with Gasteiger partial charge in [0, 0.05) is 62.1 Å². The number of hydrogen-bond donors (Lipinski definition) is 3. The Kier molecular flexibility index (Phi) is 4.47. The lowest BCUT2D eigenvalue weighted by molar-refractivity contribution is -0.351. The van der Waals surface area contributed by atoms with Crippen molar-refractivity contribution in [3.8, 4) is 0 Å². The molecule has 2 aliphatic rings. The van der Waals surface area contributed by atoms with E-state index in [9.17, 15) is 4.79 Å². The minimum Gasteiger partial charge on any atom is -0.367 e. The van der Waals surface area contributed by atoms with Crippen LogP contribution in [0.15, 0.2) is 85.0 Å². The standard InChI is InChI=1S/C25H23N5O/c1-29-11-9-16-7-8-17(13-23(16)29)20-14-18(15-22-24(20)30(2)12-10-27-22)28-21-6-4-3-5-19(21)25(26)31/h3-15,24,27H,1-2H3,(H2,26,31)/p+1. The van der Waals surface area contributed by atoms with Gasteiger partial charge in [-0.05, 0) is 34.7 Å². The summed E-state index contributed by atoms with van der Waals surface area (Å²) in [6, 6.07) is 16.0. The fraction of sp³-hybridized carbons (Fsp3) is 0.120. The molecule has 1 unspecified atom stereocenters. The number of allylic oxidation sites excluding steroid dienone is 2. The molecule has 0 saturated carbocycles. The summed E-state index contributed by atoms with van der Waals surface area (Å²) >= 11 is 0. The van der Waals surface area contributed by atoms with Gasteiger partial charge in [0.05, 0.1) is 6.04 Å². The average molecular weight is 411 g/mol. The quantitative estimate of drug-likeness (QED) is 0.616. The lowest BCUT2D eigenvalue weighted by Gasteiger charge is -2.36. The van der Waals surface area contributed by atoms with Gasteiger partial charge in [0.25, 0.3) is 5.91 Å². The maximum Gasteiger partial charge on any atom is 0.255 e. The third kappa shape index (κ3) is 3.32. The van der Waals surface area contributed by atoms with E-state index in [1.807, 2.05) is 30.6 Å². The summed E-state index contributed by atoms with van der Waals surface area (Å²) in [4.78, 5) is 17.5. The predicted molar refractivity (Wildman–Crippen MR) is 123 cm³/mol. The highest BCUT2D eigenvalue weighted by Gasteiger charge is 2.31. The van der Waals surface area contributed by atoms with Crippen molar-refractivity contribution in [2.24, 2.45) is 12.8 Å². The SMILES string of the molecule is CN1C=CNC2=CC(=[NH+]c3ccccc3C(N)=O)C=C(c3ccc4ccn(C)c4c3)C21. The Hall–Kier alpha value is -4.06. The van der Waals surface area contributed by atoms with Crippen molar-refractivity contribution in [2.45, 2.75) is 6.04 Å². The van der Waals surface area contributed by atoms with Crippen LogP contribution in [0.2, 0.25) is 0 Å². The first-order valence-electron chi connectivity index (χ1n) is 10.2. The van der Waals surface area contributed by atoms with Gasteiger partial charge in [0.1, 0.15) is 5.56 Å². The van der Waals surface area contributed by atoms with Gasteiger partial charge in [-0.15, -0.1) is 0 Å². The molecule has 2 heterocycles. The van der Waals surface area contributed by atoms with Crippen molar-refractivity contribution >= 4 is 33.8 Å². The van der Waals surface area contributed by atoms with Crippen LogP contribution >= 0.6 is 0 Å². The Labute approximate surface area is 180 Å². The Balaban J connectivity index is 1.67. The smallest absolute Gasteiger partial charge is 0.255 e. The fourth-order valence-corrected chi connectivity index (χ4v) is 4.32. The van der Waals surface area contributed by atoms with Gasteiger partial charge in [-0.1, -0.05) is 24.3 Å². The van der Waals surface area contributed by atoms with Crippen LogP contribution in [0, 0.1) is 0 Å². The van der Waals surface area contributed by atoms with Crippen molar-refractivity contribution in [1.29, 1.82) is 0 Å². The monoisotopic (exact) mass is 410 g/mol. The molecule has 0 fully saturated rings. The average Bonchev–Trinajstić information content (AvgIpc) is 3.14. The number of para-hydroxylation sites is 1. The van der Waals surface area contributed by atoms with E-state index in [1.54, 1.807) is 6.07 Å². The number of primary amides is 1. The zero-order chi connectivity index (χ0) is 21.5. The molecule has 1 atom stereocenters. The zero-order valence-electron chi connectivity index (χ0n) is 17.5. The molecule has 154 valence electrons. The van der Waals surface area contributed by atoms with E-state index in [0.29, 0.717) is 11.3 Å². The second-order valence-electron chi connectivity index (χ2n) is 7.92. The van der Waals surface area contributed by atoms with Crippen molar-refractivity contribution in [3.05, 3.63) is 96.1 Å². The van der Waals surface area contributed by atoms with Crippen LogP contribution in [0.25, 0.3) is 16.5 Å². The van der Waals surface area contributed by atoms with Crippen molar-refractivity contribution in [3.63, 3.8) is 0 Å². The maximum absolute atomic E-state index is 11.9. The Morgan fingerprint density at radius 2 is 1.94 bits per heavy atom. The molecule has 4 N–H and O–H groups in total. The lowest BCUT2D eigenvalue weighted by Crippen LogP contribution is -2.67. The van der Waals surface area contributed by atoms with E-state index in [4.69, 9.17) is 5.73 Å². The molecule has 31 heavy (non-hydrogen) atoms. The van der Waals surface area contributed by atoms with Gasteiger partial charge in [-0.3, -0.25) is 4.79 Å². The number of amides is 1. The molecular formula is C25H24N5O+. The molecule has 1 amide bonds. The summed E-state index contributed by atoms with van der Waals surface area (Å²) in [5.74, 6) is -0.457. The molecule has 5 rings (SSSR count). The number of nitrogens with zero attached hydrogens (tertiary/aromatic N) is 2. The molecule has 0 saturated heterocycles. The summed E-state index contributed by atoms with van der Waals surface area (Å²) in [5, 5.41) is 4.60. The summed E-state index contributed by atoms with van der Waals surface area (Å²) < 4.78 is 2.13. The molecule has 0 radical (unpaired) electrons. The van der Waals surface area contributed by atoms with Gasteiger partial charge < -0.3 is 20.5 Å². The normalized spacial score (nSPS) is 19.1. The highest BCUT2D eigenvalue weighted by atomic mass is 16.1. The highest BCUT2D eigenvalue weighted by molar-refractivity contribution is 6.09. The highest BCUT2D eigenvalue weighted by Crippen LogP contribution is 2.32. The molecule has 1 aliphatic heterocycles. The number of carbonyl (C=O) groups is 1. The van der Waals surface area contributed by atoms with E-state index in [2.05, 4.69) is 76.5 Å². The molecule has 2 aromatic carbocycles. The number of rotatable bonds is 3. The zero-order valence-corrected chi connectivity index (χ0v) is 17.5. The Morgan fingerprint density at radius 3 is 2.77 bits per heavy atom. The number of aryl methyl sites for hydroxylation is 1. The van der Waals surface area contributed by atoms with Crippen LogP contribution in [0.4, 0.5) is 5.69 Å². The summed E-state index contributed by atoms with van der Waals surface area (Å²) in [5.41, 5.74) is 12.2. The topological polar surface area (TPSA) is 77.3 Å². The van der Waals surface area contributed by atoms with Crippen molar-refractivity contribution in [1.82, 2.24) is 14.8 Å². The molecule has 3 aromatic rings. The number of hydrogen-bond acceptors (Lipinski definition) is 3. The summed E-state index contributed by atoms with van der Waals surface area (Å²) in [7, 11) is 4.13. The van der Waals surface area contributed by atoms with E-state index in [-0.39, 0.29) is 6.04 Å². The van der Waals surface area contributed by atoms with Crippen molar-refractivity contribution < 1.29 is 9.79 Å². The van der Waals surface area contributed by atoms with Gasteiger partial charge in [-0.25, -0.2) is 4.99 Å². The summed E-state index contributed by atoms with van der Waals surface area (Å²) in [6.07, 6.45) is 10.3. The molecule has 1 aliphatic carbocycles. The number of benzene rings is 2. The van der Waals surface area contributed by atoms with Gasteiger partial charge >= 0.3 is 0 Å². The number of fused-ring (bicyclic) bond motifs is 2. The van der Waals surface area contributed by atoms with E-state index < -0.39 is 5.91 Å². The lowest BCUT2D eigenvalue weighted by atomic mass is 9.88. The van der Waals surface area contributed by atoms with Crippen LogP contribution in [0.3, 0.4) is 0 Å². The Bertz CT molecular complexity index is 1320. The van der Waals surface area contributed by atoms with E-state index >= 15 is 0 Å². The molecular weight excluding hydrogens is 386 g/mol. The maximum atomic E-state index is 11.9. The number of likely N-dealkylation sites (N-methyl/N-ethyl adjacent to an activating group) is 1. The molecule has 6 heteroatoms. The molecule has 0 bridgehead atoms. The minimum absolute atomic E-state index is 0.0691. The second kappa shape index (κ2) is 7.32. The van der Waals surface area contributed by atoms with Crippen LogP contribution in [0.1, 0.15) is 15.9 Å². The van der Waals surface area contributed by atoms with Crippen molar-refractivity contribution in [2.75, 3.05) is 7.05 Å². The van der Waals surface area contributed by atoms with Crippen LogP contribution < -0.4 is 16.0 Å². The number of nitrogens with two attached hydrogens (primary N) is 1. The van der Waals surface area contributed by atoms with E-state index in [0.717, 1.165) is 17.0 Å². The third-order valence-corrected chi connectivity index (χ3v) is 5.87. The first-order chi connectivity index (χ1) is 15.0. The fourth-order valence-electron chi connectivity index (χ4n) is 4.32. The second-order valence-corrected chi connectivity index (χ2v) is 7.92. The first kappa shape index (κ1) is 18.9. The number of nitrogens with one attached hydrogen (secondary N) is 2. The summed E-state index contributed by atoms with van der Waals surface area (Å²) in [6.45, 7) is 0. The predicted octanol–water partition coefficient (Wildman–Crippen LogP) is 1.79. The van der Waals surface area contributed by atoms with Gasteiger partial charge in [0.2, 0.25) is 11.4 Å². The van der Waals surface area contributed by atoms with Crippen LogP contribution in [-0.4, -0.2) is 34.2 Å². The largest absolute Gasteiger partial charge is 0.367 e. The van der Waals surface area contributed by atoms with Crippen LogP contribution in [0.5, 0.6) is 0 Å². The van der Waals surface area contributed by atoms with E-state index in [1.165, 1.54) is 16.5 Å². The van der Waals surface area contributed by atoms with Crippen LogP contribution in [-0.2, 0) is 7.05 Å². The molecule has 6 nitrogen and oxygen atoms in total. The van der Waals surface area contributed by atoms with Gasteiger partial charge in [0.15, 0.2) is 0 Å². The molecule has 1 aromatic heterocycles. The molecule has 0 spiro atoms. The first-order valence-corrected chi connectivity index (χ1v) is 10.2. The number of aromatic nitrogens is 1. The van der Waals surface area contributed by atoms with Gasteiger partial charge in [-0.2, -0.15) is 0 Å². The Morgan fingerprint density at radius 1 is 1.10 bits per heavy atom. The number of carbonyl (C=O) groups excluding carboxylic acids is 1. The third-order valence-electron chi connectivity index (χ3n) is 5.87.